The van der Waals surface area contributed by atoms with Gasteiger partial charge in [-0.25, -0.2) is 0 Å². The SMILES string of the molecule is COc1cc2c(cc1OC)[C@H](C)[NH+](C[C@H](O)COc1ccccc1)CC2. The molecule has 2 aromatic rings. The highest BCUT2D eigenvalue weighted by Crippen LogP contribution is 2.33. The van der Waals surface area contributed by atoms with Gasteiger partial charge < -0.3 is 24.2 Å². The van der Waals surface area contributed by atoms with E-state index in [1.165, 1.54) is 16.0 Å². The third-order valence-corrected chi connectivity index (χ3v) is 5.12. The summed E-state index contributed by atoms with van der Waals surface area (Å²) >= 11 is 0. The van der Waals surface area contributed by atoms with Crippen molar-refractivity contribution in [2.45, 2.75) is 25.5 Å². The second kappa shape index (κ2) is 8.43. The molecule has 26 heavy (non-hydrogen) atoms. The van der Waals surface area contributed by atoms with E-state index in [4.69, 9.17) is 14.2 Å². The summed E-state index contributed by atoms with van der Waals surface area (Å²) in [6.45, 7) is 4.14. The van der Waals surface area contributed by atoms with Gasteiger partial charge in [-0.1, -0.05) is 18.2 Å². The fourth-order valence-electron chi connectivity index (χ4n) is 3.64. The monoisotopic (exact) mass is 358 g/mol. The molecular weight excluding hydrogens is 330 g/mol. The predicted molar refractivity (Wildman–Crippen MR) is 100 cm³/mol. The molecule has 0 aromatic heterocycles. The van der Waals surface area contributed by atoms with Crippen molar-refractivity contribution in [1.29, 1.82) is 0 Å². The third kappa shape index (κ3) is 4.11. The number of rotatable bonds is 7. The number of aliphatic hydroxyl groups is 1. The molecule has 2 aromatic carbocycles. The summed E-state index contributed by atoms with van der Waals surface area (Å²) < 4.78 is 16.5. The van der Waals surface area contributed by atoms with Crippen LogP contribution in [-0.4, -0.2) is 45.1 Å². The largest absolute Gasteiger partial charge is 0.493 e. The number of hydrogen-bond donors (Lipinski definition) is 2. The first-order valence-corrected chi connectivity index (χ1v) is 9.07. The van der Waals surface area contributed by atoms with E-state index >= 15 is 0 Å². The minimum Gasteiger partial charge on any atom is -0.493 e. The van der Waals surface area contributed by atoms with E-state index in [0.717, 1.165) is 30.2 Å². The van der Waals surface area contributed by atoms with E-state index in [1.807, 2.05) is 30.3 Å². The van der Waals surface area contributed by atoms with E-state index < -0.39 is 6.10 Å². The Balaban J connectivity index is 1.64. The fourth-order valence-corrected chi connectivity index (χ4v) is 3.64. The van der Waals surface area contributed by atoms with E-state index in [2.05, 4.69) is 19.1 Å². The van der Waals surface area contributed by atoms with Gasteiger partial charge in [0.2, 0.25) is 0 Å². The normalized spacial score (nSPS) is 20.2. The Morgan fingerprint density at radius 3 is 2.50 bits per heavy atom. The average Bonchev–Trinajstić information content (AvgIpc) is 2.68. The van der Waals surface area contributed by atoms with Crippen LogP contribution >= 0.6 is 0 Å². The molecule has 3 atom stereocenters. The Bertz CT molecular complexity index is 719. The lowest BCUT2D eigenvalue weighted by atomic mass is 9.92. The molecule has 0 aliphatic carbocycles. The summed E-state index contributed by atoms with van der Waals surface area (Å²) in [5, 5.41) is 10.4. The summed E-state index contributed by atoms with van der Waals surface area (Å²) in [6.07, 6.45) is 0.455. The van der Waals surface area contributed by atoms with Crippen LogP contribution in [0, 0.1) is 0 Å². The highest BCUT2D eigenvalue weighted by molar-refractivity contribution is 5.48. The molecule has 5 nitrogen and oxygen atoms in total. The van der Waals surface area contributed by atoms with Gasteiger partial charge in [-0.2, -0.15) is 0 Å². The number of aliphatic hydroxyl groups excluding tert-OH is 1. The van der Waals surface area contributed by atoms with Crippen molar-refractivity contribution >= 4 is 0 Å². The summed E-state index contributed by atoms with van der Waals surface area (Å²) in [5.74, 6) is 2.32. The number of quaternary nitrogens is 1. The first-order chi connectivity index (χ1) is 12.6. The Morgan fingerprint density at radius 1 is 1.12 bits per heavy atom. The number of ether oxygens (including phenoxy) is 3. The van der Waals surface area contributed by atoms with Crippen LogP contribution in [0.15, 0.2) is 42.5 Å². The van der Waals surface area contributed by atoms with Crippen LogP contribution in [0.4, 0.5) is 0 Å². The molecule has 0 saturated carbocycles. The Hall–Kier alpha value is -2.24. The van der Waals surface area contributed by atoms with Crippen LogP contribution < -0.4 is 19.1 Å². The number of para-hydroxylation sites is 1. The molecule has 140 valence electrons. The molecule has 1 unspecified atom stereocenters. The molecule has 0 radical (unpaired) electrons. The number of methoxy groups -OCH3 is 2. The fraction of sp³-hybridized carbons (Fsp3) is 0.429. The smallest absolute Gasteiger partial charge is 0.161 e. The second-order valence-corrected chi connectivity index (χ2v) is 6.77. The predicted octanol–water partition coefficient (Wildman–Crippen LogP) is 1.65. The maximum Gasteiger partial charge on any atom is 0.161 e. The Morgan fingerprint density at radius 2 is 1.81 bits per heavy atom. The van der Waals surface area contributed by atoms with Crippen LogP contribution in [0.5, 0.6) is 17.2 Å². The summed E-state index contributed by atoms with van der Waals surface area (Å²) in [7, 11) is 3.32. The highest BCUT2D eigenvalue weighted by atomic mass is 16.5. The molecule has 0 bridgehead atoms. The van der Waals surface area contributed by atoms with Crippen molar-refractivity contribution < 1.29 is 24.2 Å². The van der Waals surface area contributed by atoms with Crippen molar-refractivity contribution in [2.24, 2.45) is 0 Å². The summed E-state index contributed by atoms with van der Waals surface area (Å²) in [4.78, 5) is 1.36. The zero-order valence-electron chi connectivity index (χ0n) is 15.7. The van der Waals surface area contributed by atoms with E-state index in [-0.39, 0.29) is 6.04 Å². The topological polar surface area (TPSA) is 52.4 Å². The molecule has 5 heteroatoms. The van der Waals surface area contributed by atoms with Crippen LogP contribution in [0.1, 0.15) is 24.1 Å². The van der Waals surface area contributed by atoms with Crippen molar-refractivity contribution in [2.75, 3.05) is 33.9 Å². The molecule has 0 fully saturated rings. The van der Waals surface area contributed by atoms with Gasteiger partial charge in [0.05, 0.1) is 20.8 Å². The van der Waals surface area contributed by atoms with Gasteiger partial charge in [0.25, 0.3) is 0 Å². The summed E-state index contributed by atoms with van der Waals surface area (Å²) in [5.41, 5.74) is 2.56. The van der Waals surface area contributed by atoms with Crippen LogP contribution in [0.25, 0.3) is 0 Å². The standard InChI is InChI=1S/C21H27NO4/c1-15-19-12-21(25-3)20(24-2)11-16(19)9-10-22(15)13-17(23)14-26-18-7-5-4-6-8-18/h4-8,11-12,15,17,23H,9-10,13-14H2,1-3H3/p+1/t15-,17-/m0/s1. The molecule has 0 saturated heterocycles. The minimum atomic E-state index is -0.505. The number of nitrogens with one attached hydrogen (secondary N) is 1. The molecule has 1 aliphatic rings. The molecule has 1 heterocycles. The lowest BCUT2D eigenvalue weighted by Crippen LogP contribution is -3.14. The molecule has 0 amide bonds. The van der Waals surface area contributed by atoms with Crippen LogP contribution in [0.2, 0.25) is 0 Å². The van der Waals surface area contributed by atoms with Gasteiger partial charge in [0, 0.05) is 12.0 Å². The summed E-state index contributed by atoms with van der Waals surface area (Å²) in [6, 6.07) is 14.0. The average molecular weight is 358 g/mol. The maximum atomic E-state index is 10.4. The number of hydrogen-bond acceptors (Lipinski definition) is 4. The number of fused-ring (bicyclic) bond motifs is 1. The minimum absolute atomic E-state index is 0.282. The van der Waals surface area contributed by atoms with Crippen LogP contribution in [0.3, 0.4) is 0 Å². The van der Waals surface area contributed by atoms with Crippen molar-refractivity contribution in [3.63, 3.8) is 0 Å². The highest BCUT2D eigenvalue weighted by Gasteiger charge is 2.30. The van der Waals surface area contributed by atoms with Gasteiger partial charge >= 0.3 is 0 Å². The van der Waals surface area contributed by atoms with Gasteiger partial charge in [-0.3, -0.25) is 0 Å². The molecule has 1 aliphatic heterocycles. The van der Waals surface area contributed by atoms with Gasteiger partial charge in [-0.05, 0) is 36.8 Å². The lowest BCUT2D eigenvalue weighted by molar-refractivity contribution is -0.934. The van der Waals surface area contributed by atoms with Gasteiger partial charge in [0.15, 0.2) is 11.5 Å². The third-order valence-electron chi connectivity index (χ3n) is 5.12. The molecule has 0 spiro atoms. The molecular formula is C21H28NO4+. The molecule has 3 rings (SSSR count). The van der Waals surface area contributed by atoms with Gasteiger partial charge in [0.1, 0.15) is 31.0 Å². The molecule has 2 N–H and O–H groups in total. The van der Waals surface area contributed by atoms with Crippen LogP contribution in [-0.2, 0) is 6.42 Å². The Labute approximate surface area is 155 Å². The number of benzene rings is 2. The van der Waals surface area contributed by atoms with E-state index in [9.17, 15) is 5.11 Å². The zero-order chi connectivity index (χ0) is 18.5. The van der Waals surface area contributed by atoms with E-state index in [0.29, 0.717) is 13.2 Å². The maximum absolute atomic E-state index is 10.4. The zero-order valence-corrected chi connectivity index (χ0v) is 15.7. The van der Waals surface area contributed by atoms with Crippen molar-refractivity contribution in [3.8, 4) is 17.2 Å². The lowest BCUT2D eigenvalue weighted by Gasteiger charge is -2.34. The Kier molecular flexibility index (Phi) is 6.01. The quantitative estimate of drug-likeness (QED) is 0.790. The second-order valence-electron chi connectivity index (χ2n) is 6.77. The van der Waals surface area contributed by atoms with Crippen molar-refractivity contribution in [3.05, 3.63) is 53.6 Å². The van der Waals surface area contributed by atoms with Crippen molar-refractivity contribution in [1.82, 2.24) is 0 Å². The first kappa shape index (κ1) is 18.5. The first-order valence-electron chi connectivity index (χ1n) is 9.07. The van der Waals surface area contributed by atoms with E-state index in [1.54, 1.807) is 14.2 Å². The van der Waals surface area contributed by atoms with Gasteiger partial charge in [-0.15, -0.1) is 0 Å².